The third kappa shape index (κ3) is 3.20. The van der Waals surface area contributed by atoms with Gasteiger partial charge in [-0.15, -0.1) is 0 Å². The molecule has 1 aromatic carbocycles. The second kappa shape index (κ2) is 6.36. The SMILES string of the molecule is Cc1ncccc1CN1Cc2ccccc2C[C@@H]1C(=O)NC1CC1. The molecule has 4 rings (SSSR count). The summed E-state index contributed by atoms with van der Waals surface area (Å²) in [6, 6.07) is 12.9. The second-order valence-electron chi connectivity index (χ2n) is 6.92. The number of pyridine rings is 1. The number of nitrogens with one attached hydrogen (secondary N) is 1. The molecule has 1 aliphatic heterocycles. The van der Waals surface area contributed by atoms with Gasteiger partial charge < -0.3 is 5.32 Å². The monoisotopic (exact) mass is 321 g/mol. The molecule has 1 N–H and O–H groups in total. The van der Waals surface area contributed by atoms with E-state index >= 15 is 0 Å². The number of nitrogens with zero attached hydrogens (tertiary/aromatic N) is 2. The average molecular weight is 321 g/mol. The number of aromatic nitrogens is 1. The normalized spacial score (nSPS) is 20.5. The third-order valence-corrected chi connectivity index (χ3v) is 5.06. The van der Waals surface area contributed by atoms with E-state index in [1.165, 1.54) is 16.7 Å². The van der Waals surface area contributed by atoms with Gasteiger partial charge in [0, 0.05) is 31.0 Å². The van der Waals surface area contributed by atoms with Crippen molar-refractivity contribution in [2.45, 2.75) is 51.4 Å². The van der Waals surface area contributed by atoms with E-state index in [1.807, 2.05) is 19.2 Å². The van der Waals surface area contributed by atoms with Crippen LogP contribution in [0.5, 0.6) is 0 Å². The summed E-state index contributed by atoms with van der Waals surface area (Å²) in [7, 11) is 0. The van der Waals surface area contributed by atoms with E-state index in [2.05, 4.69) is 45.5 Å². The molecule has 1 saturated carbocycles. The summed E-state index contributed by atoms with van der Waals surface area (Å²) in [6.07, 6.45) is 4.85. The maximum atomic E-state index is 12.8. The van der Waals surface area contributed by atoms with Crippen molar-refractivity contribution in [3.05, 3.63) is 65.0 Å². The zero-order chi connectivity index (χ0) is 16.5. The minimum atomic E-state index is -0.0971. The van der Waals surface area contributed by atoms with E-state index < -0.39 is 0 Å². The number of carbonyl (C=O) groups is 1. The molecule has 24 heavy (non-hydrogen) atoms. The van der Waals surface area contributed by atoms with Crippen LogP contribution in [0.2, 0.25) is 0 Å². The Labute approximate surface area is 142 Å². The van der Waals surface area contributed by atoms with Gasteiger partial charge in [0.2, 0.25) is 5.91 Å². The Balaban J connectivity index is 1.60. The predicted octanol–water partition coefficient (Wildman–Crippen LogP) is 2.60. The lowest BCUT2D eigenvalue weighted by atomic mass is 9.93. The van der Waals surface area contributed by atoms with Gasteiger partial charge in [0.25, 0.3) is 0 Å². The number of hydrogen-bond acceptors (Lipinski definition) is 3. The van der Waals surface area contributed by atoms with Crippen LogP contribution in [0, 0.1) is 6.92 Å². The summed E-state index contributed by atoms with van der Waals surface area (Å²) in [5, 5.41) is 3.19. The number of rotatable bonds is 4. The van der Waals surface area contributed by atoms with Gasteiger partial charge in [-0.1, -0.05) is 30.3 Å². The van der Waals surface area contributed by atoms with E-state index in [0.717, 1.165) is 38.0 Å². The van der Waals surface area contributed by atoms with Crippen LogP contribution >= 0.6 is 0 Å². The summed E-state index contributed by atoms with van der Waals surface area (Å²) in [5.74, 6) is 0.175. The van der Waals surface area contributed by atoms with Crippen molar-refractivity contribution >= 4 is 5.91 Å². The Hall–Kier alpha value is -2.20. The molecule has 1 aliphatic carbocycles. The highest BCUT2D eigenvalue weighted by molar-refractivity contribution is 5.83. The maximum absolute atomic E-state index is 12.8. The molecular formula is C20H23N3O. The van der Waals surface area contributed by atoms with Gasteiger partial charge >= 0.3 is 0 Å². The minimum absolute atomic E-state index is 0.0971. The maximum Gasteiger partial charge on any atom is 0.237 e. The van der Waals surface area contributed by atoms with E-state index in [0.29, 0.717) is 6.04 Å². The van der Waals surface area contributed by atoms with Crippen molar-refractivity contribution in [2.75, 3.05) is 0 Å². The highest BCUT2D eigenvalue weighted by atomic mass is 16.2. The Morgan fingerprint density at radius 1 is 1.21 bits per heavy atom. The first-order chi connectivity index (χ1) is 11.7. The Morgan fingerprint density at radius 2 is 2.00 bits per heavy atom. The van der Waals surface area contributed by atoms with Crippen LogP contribution in [0.3, 0.4) is 0 Å². The molecule has 0 radical (unpaired) electrons. The zero-order valence-corrected chi connectivity index (χ0v) is 14.0. The van der Waals surface area contributed by atoms with Crippen LogP contribution in [0.4, 0.5) is 0 Å². The van der Waals surface area contributed by atoms with Crippen LogP contribution in [0.15, 0.2) is 42.6 Å². The quantitative estimate of drug-likeness (QED) is 0.941. The second-order valence-corrected chi connectivity index (χ2v) is 6.92. The fourth-order valence-electron chi connectivity index (χ4n) is 3.43. The molecule has 0 saturated heterocycles. The lowest BCUT2D eigenvalue weighted by Crippen LogP contribution is -2.50. The minimum Gasteiger partial charge on any atom is -0.352 e. The van der Waals surface area contributed by atoms with Gasteiger partial charge in [0.05, 0.1) is 6.04 Å². The molecule has 0 spiro atoms. The van der Waals surface area contributed by atoms with Crippen LogP contribution in [-0.4, -0.2) is 27.9 Å². The molecule has 1 amide bonds. The Morgan fingerprint density at radius 3 is 2.75 bits per heavy atom. The van der Waals surface area contributed by atoms with E-state index in [1.54, 1.807) is 0 Å². The first-order valence-electron chi connectivity index (χ1n) is 8.72. The number of aryl methyl sites for hydroxylation is 1. The smallest absolute Gasteiger partial charge is 0.237 e. The van der Waals surface area contributed by atoms with E-state index in [-0.39, 0.29) is 11.9 Å². The molecule has 2 aromatic rings. The molecule has 124 valence electrons. The first-order valence-corrected chi connectivity index (χ1v) is 8.72. The van der Waals surface area contributed by atoms with Crippen molar-refractivity contribution in [3.63, 3.8) is 0 Å². The molecule has 1 aromatic heterocycles. The van der Waals surface area contributed by atoms with E-state index in [4.69, 9.17) is 0 Å². The lowest BCUT2D eigenvalue weighted by molar-refractivity contribution is -0.127. The number of carbonyl (C=O) groups excluding carboxylic acids is 1. The fourth-order valence-corrected chi connectivity index (χ4v) is 3.43. The van der Waals surface area contributed by atoms with Crippen molar-refractivity contribution in [1.29, 1.82) is 0 Å². The molecule has 0 bridgehead atoms. The average Bonchev–Trinajstić information content (AvgIpc) is 3.40. The van der Waals surface area contributed by atoms with Crippen LogP contribution in [0.1, 0.15) is 35.2 Å². The fraction of sp³-hybridized carbons (Fsp3) is 0.400. The molecule has 2 heterocycles. The molecule has 4 heteroatoms. The number of fused-ring (bicyclic) bond motifs is 1. The molecule has 1 fully saturated rings. The number of benzene rings is 1. The highest BCUT2D eigenvalue weighted by Gasteiger charge is 2.34. The van der Waals surface area contributed by atoms with Crippen LogP contribution in [0.25, 0.3) is 0 Å². The van der Waals surface area contributed by atoms with Crippen LogP contribution < -0.4 is 5.32 Å². The summed E-state index contributed by atoms with van der Waals surface area (Å²) in [4.78, 5) is 19.5. The predicted molar refractivity (Wildman–Crippen MR) is 93.3 cm³/mol. The number of amides is 1. The highest BCUT2D eigenvalue weighted by Crippen LogP contribution is 2.27. The van der Waals surface area contributed by atoms with Gasteiger partial charge in [-0.25, -0.2) is 0 Å². The molecule has 1 atom stereocenters. The topological polar surface area (TPSA) is 45.2 Å². The zero-order valence-electron chi connectivity index (χ0n) is 14.0. The molecule has 0 unspecified atom stereocenters. The largest absolute Gasteiger partial charge is 0.352 e. The van der Waals surface area contributed by atoms with Crippen molar-refractivity contribution in [1.82, 2.24) is 15.2 Å². The Kier molecular flexibility index (Phi) is 4.07. The van der Waals surface area contributed by atoms with E-state index in [9.17, 15) is 4.79 Å². The van der Waals surface area contributed by atoms with Gasteiger partial charge in [-0.3, -0.25) is 14.7 Å². The molecule has 4 nitrogen and oxygen atoms in total. The summed E-state index contributed by atoms with van der Waals surface area (Å²) < 4.78 is 0. The number of hydrogen-bond donors (Lipinski definition) is 1. The van der Waals surface area contributed by atoms with Crippen molar-refractivity contribution in [3.8, 4) is 0 Å². The van der Waals surface area contributed by atoms with Crippen molar-refractivity contribution < 1.29 is 4.79 Å². The lowest BCUT2D eigenvalue weighted by Gasteiger charge is -2.36. The van der Waals surface area contributed by atoms with Crippen LogP contribution in [-0.2, 0) is 24.3 Å². The molecular weight excluding hydrogens is 298 g/mol. The van der Waals surface area contributed by atoms with Crippen molar-refractivity contribution in [2.24, 2.45) is 0 Å². The summed E-state index contributed by atoms with van der Waals surface area (Å²) in [6.45, 7) is 3.61. The Bertz CT molecular complexity index is 754. The van der Waals surface area contributed by atoms with Gasteiger partial charge in [-0.05, 0) is 48.9 Å². The summed E-state index contributed by atoms with van der Waals surface area (Å²) >= 11 is 0. The third-order valence-electron chi connectivity index (χ3n) is 5.06. The van der Waals surface area contributed by atoms with Gasteiger partial charge in [-0.2, -0.15) is 0 Å². The summed E-state index contributed by atoms with van der Waals surface area (Å²) in [5.41, 5.74) is 4.86. The first kappa shape index (κ1) is 15.3. The molecule has 2 aliphatic rings. The standard InChI is InChI=1S/C20H23N3O/c1-14-16(7-4-10-21-14)12-23-13-17-6-3-2-5-15(17)11-19(23)20(24)22-18-8-9-18/h2-7,10,18-19H,8-9,11-13H2,1H3,(H,22,24)/t19-/m1/s1. The van der Waals surface area contributed by atoms with Gasteiger partial charge in [0.15, 0.2) is 0 Å². The van der Waals surface area contributed by atoms with Gasteiger partial charge in [0.1, 0.15) is 0 Å².